The second-order valence-electron chi connectivity index (χ2n) is 11.3. The van der Waals surface area contributed by atoms with Crippen LogP contribution in [0.4, 0.5) is 0 Å². The van der Waals surface area contributed by atoms with Crippen LogP contribution in [0.2, 0.25) is 0 Å². The largest absolute Gasteiger partial charge is 0.308 e. The molecule has 10 aromatic rings. The van der Waals surface area contributed by atoms with Gasteiger partial charge < -0.3 is 4.57 Å². The van der Waals surface area contributed by atoms with Gasteiger partial charge in [-0.05, 0) is 60.6 Å². The average Bonchev–Trinajstić information content (AvgIpc) is 3.38. The van der Waals surface area contributed by atoms with E-state index in [1.807, 2.05) is 0 Å². The number of fused-ring (bicyclic) bond motifs is 10. The molecule has 0 bridgehead atoms. The molecule has 10 rings (SSSR count). The molecule has 0 atom stereocenters. The Morgan fingerprint density at radius 1 is 0.293 bits per heavy atom. The number of rotatable bonds is 1. The summed E-state index contributed by atoms with van der Waals surface area (Å²) >= 11 is 0. The van der Waals surface area contributed by atoms with Crippen LogP contribution in [0, 0.1) is 0 Å². The van der Waals surface area contributed by atoms with E-state index in [0.29, 0.717) is 0 Å². The van der Waals surface area contributed by atoms with Crippen LogP contribution in [0.15, 0.2) is 140 Å². The fourth-order valence-electron chi connectivity index (χ4n) is 7.60. The van der Waals surface area contributed by atoms with Gasteiger partial charge in [0.2, 0.25) is 0 Å². The van der Waals surface area contributed by atoms with Gasteiger partial charge in [0, 0.05) is 26.9 Å². The van der Waals surface area contributed by atoms with Crippen molar-refractivity contribution in [3.8, 4) is 5.69 Å². The molecular formula is C40H23N. The zero-order valence-electron chi connectivity index (χ0n) is 22.2. The predicted octanol–water partition coefficient (Wildman–Crippen LogP) is 11.1. The number of nitrogens with zero attached hydrogens (tertiary/aromatic N) is 1. The summed E-state index contributed by atoms with van der Waals surface area (Å²) in [6, 6.07) is 51.8. The zero-order valence-corrected chi connectivity index (χ0v) is 22.2. The second-order valence-corrected chi connectivity index (χ2v) is 11.3. The first-order valence-electron chi connectivity index (χ1n) is 14.3. The molecule has 0 saturated carbocycles. The Morgan fingerprint density at radius 2 is 0.878 bits per heavy atom. The van der Waals surface area contributed by atoms with Crippen LogP contribution in [0.1, 0.15) is 0 Å². The summed E-state index contributed by atoms with van der Waals surface area (Å²) in [5.74, 6) is 0. The summed E-state index contributed by atoms with van der Waals surface area (Å²) in [5, 5.41) is 18.3. The maximum Gasteiger partial charge on any atom is 0.0626 e. The third kappa shape index (κ3) is 2.66. The number of hydrogen-bond acceptors (Lipinski definition) is 0. The van der Waals surface area contributed by atoms with E-state index < -0.39 is 0 Å². The minimum Gasteiger partial charge on any atom is -0.308 e. The smallest absolute Gasteiger partial charge is 0.0626 e. The van der Waals surface area contributed by atoms with Crippen molar-refractivity contribution >= 4 is 86.4 Å². The van der Waals surface area contributed by atoms with Crippen molar-refractivity contribution in [2.75, 3.05) is 0 Å². The third-order valence-corrected chi connectivity index (χ3v) is 9.27. The van der Waals surface area contributed by atoms with Gasteiger partial charge in [-0.25, -0.2) is 0 Å². The molecule has 0 N–H and O–H groups in total. The number of hydrogen-bond donors (Lipinski definition) is 0. The van der Waals surface area contributed by atoms with E-state index in [0.717, 1.165) is 0 Å². The minimum absolute atomic E-state index is 1.23. The van der Waals surface area contributed by atoms with Gasteiger partial charge in [0.15, 0.2) is 0 Å². The van der Waals surface area contributed by atoms with Gasteiger partial charge in [-0.3, -0.25) is 0 Å². The Morgan fingerprint density at radius 3 is 1.73 bits per heavy atom. The van der Waals surface area contributed by atoms with Gasteiger partial charge in [-0.1, -0.05) is 127 Å². The van der Waals surface area contributed by atoms with E-state index in [9.17, 15) is 0 Å². The molecule has 0 unspecified atom stereocenters. The molecule has 1 heteroatoms. The van der Waals surface area contributed by atoms with E-state index in [1.54, 1.807) is 0 Å². The van der Waals surface area contributed by atoms with Crippen molar-refractivity contribution in [2.24, 2.45) is 0 Å². The van der Waals surface area contributed by atoms with Crippen LogP contribution in [-0.2, 0) is 0 Å². The summed E-state index contributed by atoms with van der Waals surface area (Å²) in [6.45, 7) is 0. The third-order valence-electron chi connectivity index (χ3n) is 9.27. The molecule has 1 aromatic heterocycles. The molecule has 9 aromatic carbocycles. The predicted molar refractivity (Wildman–Crippen MR) is 177 cm³/mol. The molecule has 0 fully saturated rings. The lowest BCUT2D eigenvalue weighted by atomic mass is 9.92. The van der Waals surface area contributed by atoms with Crippen molar-refractivity contribution in [1.29, 1.82) is 0 Å². The van der Waals surface area contributed by atoms with Gasteiger partial charge in [-0.2, -0.15) is 0 Å². The quantitative estimate of drug-likeness (QED) is 0.191. The molecule has 0 saturated heterocycles. The summed E-state index contributed by atoms with van der Waals surface area (Å²) < 4.78 is 2.54. The van der Waals surface area contributed by atoms with Crippen LogP contribution in [0.3, 0.4) is 0 Å². The highest BCUT2D eigenvalue weighted by Gasteiger charge is 2.21. The maximum atomic E-state index is 2.54. The van der Waals surface area contributed by atoms with E-state index in [4.69, 9.17) is 0 Å². The highest BCUT2D eigenvalue weighted by Crippen LogP contribution is 2.46. The minimum atomic E-state index is 1.23. The second kappa shape index (κ2) is 7.62. The fraction of sp³-hybridized carbons (Fsp3) is 0. The lowest BCUT2D eigenvalue weighted by Gasteiger charge is -2.17. The Hall–Kier alpha value is -5.40. The Labute approximate surface area is 235 Å². The monoisotopic (exact) mass is 517 g/mol. The number of para-hydroxylation sites is 1. The molecule has 0 radical (unpaired) electrons. The first-order chi connectivity index (χ1) is 20.4. The molecular weight excluding hydrogens is 494 g/mol. The zero-order chi connectivity index (χ0) is 26.7. The normalized spacial score (nSPS) is 12.4. The molecule has 41 heavy (non-hydrogen) atoms. The molecule has 188 valence electrons. The lowest BCUT2D eigenvalue weighted by molar-refractivity contribution is 1.21. The van der Waals surface area contributed by atoms with Crippen LogP contribution in [-0.4, -0.2) is 4.57 Å². The molecule has 0 amide bonds. The van der Waals surface area contributed by atoms with Gasteiger partial charge in [0.1, 0.15) is 0 Å². The van der Waals surface area contributed by atoms with E-state index in [1.165, 1.54) is 92.1 Å². The first kappa shape index (κ1) is 21.4. The number of benzene rings is 9. The fourth-order valence-corrected chi connectivity index (χ4v) is 7.60. The van der Waals surface area contributed by atoms with Gasteiger partial charge >= 0.3 is 0 Å². The molecule has 1 nitrogen and oxygen atoms in total. The SMILES string of the molecule is c1ccc2c(c1)ccc1c3ccccc3c3c(c4ccccc4n3-c3ccc4ccc5cccc6ccc3c4c56)c21. The Kier molecular flexibility index (Phi) is 3.98. The van der Waals surface area contributed by atoms with Crippen molar-refractivity contribution in [3.05, 3.63) is 140 Å². The highest BCUT2D eigenvalue weighted by atomic mass is 15.0. The average molecular weight is 518 g/mol. The first-order valence-corrected chi connectivity index (χ1v) is 14.3. The highest BCUT2D eigenvalue weighted by molar-refractivity contribution is 6.37. The lowest BCUT2D eigenvalue weighted by Crippen LogP contribution is -1.97. The van der Waals surface area contributed by atoms with Crippen molar-refractivity contribution in [3.63, 3.8) is 0 Å². The van der Waals surface area contributed by atoms with Crippen molar-refractivity contribution in [2.45, 2.75) is 0 Å². The van der Waals surface area contributed by atoms with E-state index in [-0.39, 0.29) is 0 Å². The Balaban J connectivity index is 1.51. The van der Waals surface area contributed by atoms with Gasteiger partial charge in [0.05, 0.1) is 16.7 Å². The maximum absolute atomic E-state index is 2.54. The molecule has 0 aliphatic heterocycles. The van der Waals surface area contributed by atoms with Crippen LogP contribution in [0.25, 0.3) is 92.1 Å². The summed E-state index contributed by atoms with van der Waals surface area (Å²) in [7, 11) is 0. The summed E-state index contributed by atoms with van der Waals surface area (Å²) in [5.41, 5.74) is 3.75. The molecule has 0 aliphatic rings. The van der Waals surface area contributed by atoms with E-state index >= 15 is 0 Å². The number of aromatic nitrogens is 1. The standard InChI is InChI=1S/C40H23N/c1-2-11-28-24(8-1)18-21-30-29-12-3-4-13-31(29)40-39(38(28)30)32-14-5-6-15-34(32)41(40)35-23-20-27-17-16-25-9-7-10-26-19-22-33(35)37(27)36(25)26/h1-23H. The summed E-state index contributed by atoms with van der Waals surface area (Å²) in [6.07, 6.45) is 0. The van der Waals surface area contributed by atoms with Crippen LogP contribution in [0.5, 0.6) is 0 Å². The molecule has 0 spiro atoms. The van der Waals surface area contributed by atoms with Gasteiger partial charge in [-0.15, -0.1) is 0 Å². The molecule has 1 heterocycles. The Bertz CT molecular complexity index is 2670. The summed E-state index contributed by atoms with van der Waals surface area (Å²) in [4.78, 5) is 0. The van der Waals surface area contributed by atoms with E-state index in [2.05, 4.69) is 144 Å². The van der Waals surface area contributed by atoms with Gasteiger partial charge in [0.25, 0.3) is 0 Å². The van der Waals surface area contributed by atoms with Crippen LogP contribution < -0.4 is 0 Å². The molecule has 0 aliphatic carbocycles. The van der Waals surface area contributed by atoms with Crippen LogP contribution >= 0.6 is 0 Å². The van der Waals surface area contributed by atoms with Crippen molar-refractivity contribution in [1.82, 2.24) is 4.57 Å². The topological polar surface area (TPSA) is 4.93 Å². The van der Waals surface area contributed by atoms with Crippen molar-refractivity contribution < 1.29 is 0 Å².